The molecule has 366 valence electrons. The summed E-state index contributed by atoms with van der Waals surface area (Å²) in [4.78, 5) is 13.4. The fourth-order valence-electron chi connectivity index (χ4n) is 11.9. The summed E-state index contributed by atoms with van der Waals surface area (Å²) < 4.78 is 0. The quantitative estimate of drug-likeness (QED) is 0.217. The highest BCUT2D eigenvalue weighted by atomic mass is 15.2. The van der Waals surface area contributed by atoms with E-state index in [1.807, 2.05) is 0 Å². The zero-order chi connectivity index (χ0) is 46.4. The van der Waals surface area contributed by atoms with Gasteiger partial charge in [0, 0.05) is 60.4 Å². The van der Waals surface area contributed by atoms with Gasteiger partial charge in [0.25, 0.3) is 0 Å². The molecule has 0 saturated carbocycles. The number of hydrogen-bond acceptors (Lipinski definition) is 5. The van der Waals surface area contributed by atoms with E-state index in [9.17, 15) is 0 Å². The van der Waals surface area contributed by atoms with E-state index in [4.69, 9.17) is 0 Å². The first-order valence-electron chi connectivity index (χ1n) is 27.4. The minimum Gasteiger partial charge on any atom is -0.298 e. The molecule has 5 atom stereocenters. The summed E-state index contributed by atoms with van der Waals surface area (Å²) >= 11 is 0. The van der Waals surface area contributed by atoms with Crippen LogP contribution in [0.2, 0.25) is 0 Å². The first-order chi connectivity index (χ1) is 28.6. The summed E-state index contributed by atoms with van der Waals surface area (Å²) in [5.74, 6) is 4.13. The first-order valence-corrected chi connectivity index (χ1v) is 27.4. The lowest BCUT2D eigenvalue weighted by Crippen LogP contribution is -2.46. The lowest BCUT2D eigenvalue weighted by atomic mass is 9.92. The monoisotopic (exact) mass is 860 g/mol. The molecule has 5 nitrogen and oxygen atoms in total. The van der Waals surface area contributed by atoms with E-state index < -0.39 is 0 Å². The molecular weight excluding hydrogens is 743 g/mol. The molecule has 0 aromatic carbocycles. The van der Waals surface area contributed by atoms with Crippen LogP contribution < -0.4 is 0 Å². The van der Waals surface area contributed by atoms with Crippen LogP contribution in [0.25, 0.3) is 0 Å². The van der Waals surface area contributed by atoms with Crippen LogP contribution in [0.1, 0.15) is 241 Å². The molecule has 0 bridgehead atoms. The predicted molar refractivity (Wildman–Crippen MR) is 276 cm³/mol. The predicted octanol–water partition coefficient (Wildman–Crippen LogP) is 14.9. The number of piperidine rings is 2. The van der Waals surface area contributed by atoms with Crippen LogP contribution in [0.15, 0.2) is 0 Å². The van der Waals surface area contributed by atoms with Crippen LogP contribution in [-0.4, -0.2) is 118 Å². The van der Waals surface area contributed by atoms with Crippen LogP contribution in [0, 0.1) is 29.6 Å². The molecular formula is C56H117N5. The fourth-order valence-corrected chi connectivity index (χ4v) is 11.9. The van der Waals surface area contributed by atoms with Gasteiger partial charge in [-0.25, -0.2) is 0 Å². The molecule has 0 spiro atoms. The number of likely N-dealkylation sites (tertiary alicyclic amines) is 5. The topological polar surface area (TPSA) is 16.2 Å². The Bertz CT molecular complexity index is 888. The molecule has 5 aliphatic heterocycles. The molecule has 5 fully saturated rings. The van der Waals surface area contributed by atoms with Crippen molar-refractivity contribution in [2.75, 3.05) is 32.7 Å². The smallest absolute Gasteiger partial charge is 0.0121 e. The van der Waals surface area contributed by atoms with Crippen molar-refractivity contribution in [1.29, 1.82) is 0 Å². The lowest BCUT2D eigenvalue weighted by Gasteiger charge is -2.40. The van der Waals surface area contributed by atoms with Crippen LogP contribution >= 0.6 is 0 Å². The van der Waals surface area contributed by atoms with E-state index in [2.05, 4.69) is 163 Å². The molecule has 5 heteroatoms. The molecule has 5 heterocycles. The molecule has 5 rings (SSSR count). The van der Waals surface area contributed by atoms with Crippen LogP contribution in [0.5, 0.6) is 0 Å². The third-order valence-electron chi connectivity index (χ3n) is 15.4. The average molecular weight is 861 g/mol. The largest absolute Gasteiger partial charge is 0.298 e. The van der Waals surface area contributed by atoms with E-state index in [1.165, 1.54) is 135 Å². The molecule has 0 radical (unpaired) electrons. The van der Waals surface area contributed by atoms with Gasteiger partial charge in [-0.2, -0.15) is 0 Å². The molecule has 5 aliphatic rings. The minimum absolute atomic E-state index is 0.727. The maximum atomic E-state index is 2.71. The Kier molecular flexibility index (Phi) is 30.5. The summed E-state index contributed by atoms with van der Waals surface area (Å²) in [6, 6.07) is 7.88. The summed E-state index contributed by atoms with van der Waals surface area (Å²) in [6.07, 6.45) is 22.7. The second-order valence-electron chi connectivity index (χ2n) is 23.5. The Hall–Kier alpha value is -0.200. The van der Waals surface area contributed by atoms with E-state index >= 15 is 0 Å². The van der Waals surface area contributed by atoms with Gasteiger partial charge in [0.15, 0.2) is 0 Å². The Morgan fingerprint density at radius 2 is 0.377 bits per heavy atom. The lowest BCUT2D eigenvalue weighted by molar-refractivity contribution is 0.0807. The van der Waals surface area contributed by atoms with Gasteiger partial charge in [-0.15, -0.1) is 0 Å². The second-order valence-corrected chi connectivity index (χ2v) is 23.5. The molecule has 0 aromatic rings. The Morgan fingerprint density at radius 3 is 0.574 bits per heavy atom. The Balaban J connectivity index is 0.000000382. The SMILES string of the molecule is CC(C)C1CCCCCN1C(C)C.CC(C)C1CCCCCN1C(C)C.CC(C)C1CCCCN1C(C)C.CC(C)C1CCCCN1C(C)C.CC(C)C1CCCN1C(C)C. The van der Waals surface area contributed by atoms with Crippen molar-refractivity contribution in [3.05, 3.63) is 0 Å². The highest BCUT2D eigenvalue weighted by Gasteiger charge is 2.30. The average Bonchev–Trinajstić information content (AvgIpc) is 3.38. The normalized spacial score (nSPS) is 27.0. The van der Waals surface area contributed by atoms with E-state index in [0.717, 1.165) is 90.0 Å². The van der Waals surface area contributed by atoms with Crippen LogP contribution in [-0.2, 0) is 0 Å². The molecule has 0 aliphatic carbocycles. The second kappa shape index (κ2) is 31.7. The Morgan fingerprint density at radius 1 is 0.213 bits per heavy atom. The third kappa shape index (κ3) is 21.8. The standard InChI is InChI=1S/2C12H25N.2C11H23N.C10H21N/c2*1-10(2)12-8-6-5-7-9-13(12)11(3)4;2*1-9(2)11-7-5-6-8-12(11)10(3)4;1-8(2)10-6-5-7-11(10)9(3)4/h2*10-12H,5-9H2,1-4H3;2*9-11H,5-8H2,1-4H3;8-10H,5-7H2,1-4H3. The van der Waals surface area contributed by atoms with Gasteiger partial charge in [0.1, 0.15) is 0 Å². The van der Waals surface area contributed by atoms with Gasteiger partial charge in [0.2, 0.25) is 0 Å². The van der Waals surface area contributed by atoms with E-state index in [1.54, 1.807) is 0 Å². The van der Waals surface area contributed by atoms with Gasteiger partial charge >= 0.3 is 0 Å². The van der Waals surface area contributed by atoms with E-state index in [0.29, 0.717) is 0 Å². The Labute approximate surface area is 387 Å². The molecule has 0 N–H and O–H groups in total. The number of nitrogens with zero attached hydrogens (tertiary/aromatic N) is 5. The zero-order valence-corrected chi connectivity index (χ0v) is 45.7. The van der Waals surface area contributed by atoms with Gasteiger partial charge in [-0.3, -0.25) is 24.5 Å². The van der Waals surface area contributed by atoms with Crippen molar-refractivity contribution < 1.29 is 0 Å². The van der Waals surface area contributed by atoms with E-state index in [-0.39, 0.29) is 0 Å². The van der Waals surface area contributed by atoms with Crippen LogP contribution in [0.3, 0.4) is 0 Å². The molecule has 61 heavy (non-hydrogen) atoms. The minimum atomic E-state index is 0.727. The highest BCUT2D eigenvalue weighted by Crippen LogP contribution is 2.28. The maximum absolute atomic E-state index is 2.71. The summed E-state index contributed by atoms with van der Waals surface area (Å²) in [5, 5.41) is 0. The number of rotatable bonds is 10. The summed E-state index contributed by atoms with van der Waals surface area (Å²) in [5.41, 5.74) is 0. The molecule has 5 unspecified atom stereocenters. The molecule has 0 amide bonds. The van der Waals surface area contributed by atoms with Crippen molar-refractivity contribution >= 4 is 0 Å². The van der Waals surface area contributed by atoms with Crippen molar-refractivity contribution in [3.63, 3.8) is 0 Å². The van der Waals surface area contributed by atoms with Crippen molar-refractivity contribution in [2.45, 2.75) is 302 Å². The first kappa shape index (κ1) is 58.8. The van der Waals surface area contributed by atoms with Gasteiger partial charge in [-0.05, 0) is 196 Å². The van der Waals surface area contributed by atoms with Crippen molar-refractivity contribution in [2.24, 2.45) is 29.6 Å². The highest BCUT2D eigenvalue weighted by molar-refractivity contribution is 4.85. The number of hydrogen-bond donors (Lipinski definition) is 0. The van der Waals surface area contributed by atoms with Crippen molar-refractivity contribution in [1.82, 2.24) is 24.5 Å². The zero-order valence-electron chi connectivity index (χ0n) is 45.7. The maximum Gasteiger partial charge on any atom is 0.0121 e. The fraction of sp³-hybridized carbons (Fsp3) is 1.00. The van der Waals surface area contributed by atoms with Gasteiger partial charge in [0.05, 0.1) is 0 Å². The molecule has 5 saturated heterocycles. The summed E-state index contributed by atoms with van der Waals surface area (Å²) in [7, 11) is 0. The van der Waals surface area contributed by atoms with Gasteiger partial charge in [-0.1, -0.05) is 108 Å². The van der Waals surface area contributed by atoms with Gasteiger partial charge < -0.3 is 0 Å². The van der Waals surface area contributed by atoms with Crippen LogP contribution in [0.4, 0.5) is 0 Å². The third-order valence-corrected chi connectivity index (χ3v) is 15.4. The van der Waals surface area contributed by atoms with Crippen molar-refractivity contribution in [3.8, 4) is 0 Å². The summed E-state index contributed by atoms with van der Waals surface area (Å²) in [6.45, 7) is 53.4. The molecule has 0 aromatic heterocycles.